The van der Waals surface area contributed by atoms with Crippen molar-refractivity contribution in [2.24, 2.45) is 0 Å². The van der Waals surface area contributed by atoms with Gasteiger partial charge in [0, 0.05) is 42.0 Å². The topological polar surface area (TPSA) is 93.4 Å². The average molecular weight is 404 g/mol. The summed E-state index contributed by atoms with van der Waals surface area (Å²) in [7, 11) is 0. The first-order chi connectivity index (χ1) is 13.5. The van der Waals surface area contributed by atoms with Gasteiger partial charge in [-0.1, -0.05) is 24.6 Å². The standard InChI is InChI=1S/C20H26ClN5O2/c1-3-5-19(27)24-14-6-7-15(16(21)11-14)17-12-28-9-4-8-26(17)18-10-13(2)23-20(22)25-18/h6-7,10-11,17H,3-5,8-9,12H2,1-2H3,(H,24,27)(H2,22,23,25). The van der Waals surface area contributed by atoms with Crippen molar-refractivity contribution in [2.45, 2.75) is 39.2 Å². The van der Waals surface area contributed by atoms with Crippen LogP contribution in [-0.2, 0) is 9.53 Å². The Labute approximate surface area is 170 Å². The van der Waals surface area contributed by atoms with Gasteiger partial charge in [-0.05, 0) is 37.5 Å². The van der Waals surface area contributed by atoms with Crippen molar-refractivity contribution in [3.8, 4) is 0 Å². The number of hydrogen-bond donors (Lipinski definition) is 2. The number of nitrogens with two attached hydrogens (primary N) is 1. The second-order valence-electron chi connectivity index (χ2n) is 6.90. The van der Waals surface area contributed by atoms with Gasteiger partial charge in [0.25, 0.3) is 0 Å². The molecule has 2 heterocycles. The maximum atomic E-state index is 11.8. The van der Waals surface area contributed by atoms with E-state index in [0.717, 1.165) is 36.5 Å². The van der Waals surface area contributed by atoms with Gasteiger partial charge in [0.2, 0.25) is 11.9 Å². The third-order valence-corrected chi connectivity index (χ3v) is 4.94. The highest BCUT2D eigenvalue weighted by Gasteiger charge is 2.27. The van der Waals surface area contributed by atoms with E-state index in [9.17, 15) is 4.79 Å². The van der Waals surface area contributed by atoms with Crippen molar-refractivity contribution in [1.82, 2.24) is 9.97 Å². The zero-order chi connectivity index (χ0) is 20.1. The summed E-state index contributed by atoms with van der Waals surface area (Å²) in [6, 6.07) is 7.41. The number of rotatable bonds is 5. The van der Waals surface area contributed by atoms with Crippen LogP contribution in [0.5, 0.6) is 0 Å². The predicted octanol–water partition coefficient (Wildman–Crippen LogP) is 3.73. The first-order valence-electron chi connectivity index (χ1n) is 9.52. The second kappa shape index (κ2) is 9.21. The molecule has 1 aliphatic heterocycles. The zero-order valence-corrected chi connectivity index (χ0v) is 17.0. The molecule has 0 radical (unpaired) electrons. The van der Waals surface area contributed by atoms with E-state index >= 15 is 0 Å². The molecule has 150 valence electrons. The van der Waals surface area contributed by atoms with E-state index in [2.05, 4.69) is 20.2 Å². The highest BCUT2D eigenvalue weighted by Crippen LogP contribution is 2.34. The van der Waals surface area contributed by atoms with E-state index < -0.39 is 0 Å². The van der Waals surface area contributed by atoms with E-state index in [0.29, 0.717) is 30.3 Å². The zero-order valence-electron chi connectivity index (χ0n) is 16.2. The molecule has 1 aromatic heterocycles. The highest BCUT2D eigenvalue weighted by molar-refractivity contribution is 6.31. The Bertz CT molecular complexity index is 825. The lowest BCUT2D eigenvalue weighted by Crippen LogP contribution is -2.32. The third-order valence-electron chi connectivity index (χ3n) is 4.61. The summed E-state index contributed by atoms with van der Waals surface area (Å²) in [6.07, 6.45) is 2.16. The number of nitrogen functional groups attached to an aromatic ring is 1. The Morgan fingerprint density at radius 3 is 2.93 bits per heavy atom. The Morgan fingerprint density at radius 2 is 2.21 bits per heavy atom. The van der Waals surface area contributed by atoms with Gasteiger partial charge in [-0.3, -0.25) is 4.79 Å². The van der Waals surface area contributed by atoms with E-state index in [1.807, 2.05) is 32.0 Å². The molecule has 3 N–H and O–H groups in total. The molecule has 1 unspecified atom stereocenters. The largest absolute Gasteiger partial charge is 0.379 e. The molecule has 0 saturated carbocycles. The molecule has 0 spiro atoms. The minimum atomic E-state index is -0.107. The molecule has 28 heavy (non-hydrogen) atoms. The number of hydrogen-bond acceptors (Lipinski definition) is 6. The molecular weight excluding hydrogens is 378 g/mol. The summed E-state index contributed by atoms with van der Waals surface area (Å²) in [5.74, 6) is 0.994. The fraction of sp³-hybridized carbons (Fsp3) is 0.450. The Hall–Kier alpha value is -2.38. The molecule has 1 saturated heterocycles. The van der Waals surface area contributed by atoms with Crippen LogP contribution < -0.4 is 16.0 Å². The van der Waals surface area contributed by atoms with E-state index in [-0.39, 0.29) is 17.9 Å². The summed E-state index contributed by atoms with van der Waals surface area (Å²) in [5, 5.41) is 3.46. The highest BCUT2D eigenvalue weighted by atomic mass is 35.5. The summed E-state index contributed by atoms with van der Waals surface area (Å²) in [4.78, 5) is 22.6. The minimum absolute atomic E-state index is 0.0160. The van der Waals surface area contributed by atoms with Crippen molar-refractivity contribution < 1.29 is 9.53 Å². The molecule has 0 aliphatic carbocycles. The fourth-order valence-electron chi connectivity index (χ4n) is 3.36. The maximum absolute atomic E-state index is 11.8. The number of carbonyl (C=O) groups is 1. The van der Waals surface area contributed by atoms with E-state index in [1.165, 1.54) is 0 Å². The van der Waals surface area contributed by atoms with Crippen molar-refractivity contribution in [1.29, 1.82) is 0 Å². The van der Waals surface area contributed by atoms with Gasteiger partial charge >= 0.3 is 0 Å². The van der Waals surface area contributed by atoms with Crippen LogP contribution in [0, 0.1) is 6.92 Å². The SMILES string of the molecule is CCCC(=O)Nc1ccc(C2COCCCN2c2cc(C)nc(N)n2)c(Cl)c1. The number of nitrogens with zero attached hydrogens (tertiary/aromatic N) is 3. The first kappa shape index (κ1) is 20.4. The van der Waals surface area contributed by atoms with Gasteiger partial charge in [0.1, 0.15) is 5.82 Å². The number of anilines is 3. The monoisotopic (exact) mass is 403 g/mol. The number of aromatic nitrogens is 2. The molecule has 2 aromatic rings. The summed E-state index contributed by atoms with van der Waals surface area (Å²) < 4.78 is 5.81. The van der Waals surface area contributed by atoms with Crippen LogP contribution in [-0.4, -0.2) is 35.6 Å². The van der Waals surface area contributed by atoms with E-state index in [1.54, 1.807) is 6.07 Å². The van der Waals surface area contributed by atoms with E-state index in [4.69, 9.17) is 22.1 Å². The van der Waals surface area contributed by atoms with Crippen molar-refractivity contribution in [3.63, 3.8) is 0 Å². The molecule has 1 atom stereocenters. The van der Waals surface area contributed by atoms with Crippen LogP contribution in [0.2, 0.25) is 5.02 Å². The Kier molecular flexibility index (Phi) is 6.70. The number of aryl methyl sites for hydroxylation is 1. The van der Waals surface area contributed by atoms with Gasteiger partial charge in [-0.15, -0.1) is 0 Å². The fourth-order valence-corrected chi connectivity index (χ4v) is 3.66. The summed E-state index contributed by atoms with van der Waals surface area (Å²) in [6.45, 7) is 5.80. The number of ether oxygens (including phenoxy) is 1. The van der Waals surface area contributed by atoms with Gasteiger partial charge in [-0.25, -0.2) is 4.98 Å². The molecule has 8 heteroatoms. The minimum Gasteiger partial charge on any atom is -0.379 e. The number of amides is 1. The molecule has 0 bridgehead atoms. The third kappa shape index (κ3) is 4.91. The lowest BCUT2D eigenvalue weighted by Gasteiger charge is -2.31. The van der Waals surface area contributed by atoms with Crippen LogP contribution >= 0.6 is 11.6 Å². The first-order valence-corrected chi connectivity index (χ1v) is 9.90. The normalized spacial score (nSPS) is 17.2. The smallest absolute Gasteiger partial charge is 0.224 e. The maximum Gasteiger partial charge on any atom is 0.224 e. The number of carbonyl (C=O) groups excluding carboxylic acids is 1. The quantitative estimate of drug-likeness (QED) is 0.790. The summed E-state index contributed by atoms with van der Waals surface area (Å²) >= 11 is 6.60. The lowest BCUT2D eigenvalue weighted by atomic mass is 10.0. The average Bonchev–Trinajstić information content (AvgIpc) is 2.87. The Morgan fingerprint density at radius 1 is 1.39 bits per heavy atom. The molecule has 3 rings (SSSR count). The van der Waals surface area contributed by atoms with Gasteiger partial charge in [-0.2, -0.15) is 4.98 Å². The van der Waals surface area contributed by atoms with Gasteiger partial charge in [0.15, 0.2) is 0 Å². The molecule has 1 fully saturated rings. The number of halogens is 1. The van der Waals surface area contributed by atoms with Crippen LogP contribution in [0.3, 0.4) is 0 Å². The van der Waals surface area contributed by atoms with Crippen LogP contribution in [0.1, 0.15) is 43.5 Å². The van der Waals surface area contributed by atoms with Gasteiger partial charge in [0.05, 0.1) is 12.6 Å². The molecular formula is C20H26ClN5O2. The molecule has 1 aliphatic rings. The van der Waals surface area contributed by atoms with Crippen LogP contribution in [0.15, 0.2) is 24.3 Å². The van der Waals surface area contributed by atoms with Crippen LogP contribution in [0.4, 0.5) is 17.5 Å². The van der Waals surface area contributed by atoms with Gasteiger partial charge < -0.3 is 20.7 Å². The Balaban J connectivity index is 1.90. The molecule has 1 amide bonds. The number of benzene rings is 1. The summed E-state index contributed by atoms with van der Waals surface area (Å²) in [5.41, 5.74) is 8.29. The lowest BCUT2D eigenvalue weighted by molar-refractivity contribution is -0.116. The molecule has 1 aromatic carbocycles. The van der Waals surface area contributed by atoms with Crippen LogP contribution in [0.25, 0.3) is 0 Å². The van der Waals surface area contributed by atoms with Crippen molar-refractivity contribution in [3.05, 3.63) is 40.5 Å². The van der Waals surface area contributed by atoms with Crippen molar-refractivity contribution in [2.75, 3.05) is 35.7 Å². The predicted molar refractivity (Wildman–Crippen MR) is 112 cm³/mol. The second-order valence-corrected chi connectivity index (χ2v) is 7.31. The van der Waals surface area contributed by atoms with Crippen molar-refractivity contribution >= 4 is 35.0 Å². The molecule has 7 nitrogen and oxygen atoms in total. The number of nitrogens with one attached hydrogen (secondary N) is 1.